The van der Waals surface area contributed by atoms with Crippen LogP contribution in [0.3, 0.4) is 0 Å². The molecule has 0 unspecified atom stereocenters. The lowest BCUT2D eigenvalue weighted by molar-refractivity contribution is 0.530. The first-order valence-electron chi connectivity index (χ1n) is 7.77. The minimum Gasteiger partial charge on any atom is -0.421 e. The Balaban J connectivity index is 2.19. The zero-order chi connectivity index (χ0) is 18.4. The highest BCUT2D eigenvalue weighted by Crippen LogP contribution is 2.35. The van der Waals surface area contributed by atoms with Crippen LogP contribution in [0.2, 0.25) is 0 Å². The summed E-state index contributed by atoms with van der Waals surface area (Å²) in [5, 5.41) is 7.83. The van der Waals surface area contributed by atoms with Crippen LogP contribution in [0.1, 0.15) is 22.8 Å². The molecule has 8 heteroatoms. The van der Waals surface area contributed by atoms with Crippen LogP contribution in [-0.4, -0.2) is 23.2 Å². The molecule has 25 heavy (non-hydrogen) atoms. The fraction of sp³-hybridized carbons (Fsp3) is 0.294. The number of hydrogen-bond acceptors (Lipinski definition) is 5. The van der Waals surface area contributed by atoms with Gasteiger partial charge in [-0.05, 0) is 32.4 Å². The maximum atomic E-state index is 13.1. The second kappa shape index (κ2) is 6.03. The van der Waals surface area contributed by atoms with Gasteiger partial charge in [0.05, 0.1) is 11.3 Å². The molecule has 3 aromatic rings. The smallest absolute Gasteiger partial charge is 0.264 e. The summed E-state index contributed by atoms with van der Waals surface area (Å²) >= 11 is 0. The lowest BCUT2D eigenvalue weighted by Gasteiger charge is -2.11. The second-order valence-corrected chi connectivity index (χ2v) is 7.60. The van der Waals surface area contributed by atoms with Gasteiger partial charge in [-0.25, -0.2) is 8.42 Å². The second-order valence-electron chi connectivity index (χ2n) is 5.98. The molecule has 0 spiro atoms. The Morgan fingerprint density at radius 2 is 1.72 bits per heavy atom. The first kappa shape index (κ1) is 17.2. The number of aryl methyl sites for hydroxylation is 2. The van der Waals surface area contributed by atoms with Gasteiger partial charge in [0, 0.05) is 25.4 Å². The number of benzene rings is 1. The highest BCUT2D eigenvalue weighted by atomic mass is 32.2. The number of para-hydroxylation sites is 1. The average Bonchev–Trinajstić information content (AvgIpc) is 3.06. The van der Waals surface area contributed by atoms with Gasteiger partial charge in [0.25, 0.3) is 15.9 Å². The number of rotatable bonds is 4. The maximum Gasteiger partial charge on any atom is 0.264 e. The van der Waals surface area contributed by atoms with Crippen molar-refractivity contribution in [1.82, 2.24) is 14.8 Å². The molecule has 0 bridgehead atoms. The quantitative estimate of drug-likeness (QED) is 0.772. The fourth-order valence-corrected chi connectivity index (χ4v) is 4.43. The lowest BCUT2D eigenvalue weighted by atomic mass is 10.2. The van der Waals surface area contributed by atoms with Gasteiger partial charge >= 0.3 is 0 Å². The Morgan fingerprint density at radius 1 is 1.04 bits per heavy atom. The molecule has 2 aromatic heterocycles. The van der Waals surface area contributed by atoms with Crippen molar-refractivity contribution in [2.45, 2.75) is 32.6 Å². The summed E-state index contributed by atoms with van der Waals surface area (Å²) in [7, 11) is -2.03. The van der Waals surface area contributed by atoms with E-state index in [1.165, 1.54) is 0 Å². The van der Waals surface area contributed by atoms with Gasteiger partial charge in [0.1, 0.15) is 4.90 Å². The molecule has 0 fully saturated rings. The Labute approximate surface area is 146 Å². The molecule has 0 amide bonds. The van der Waals surface area contributed by atoms with E-state index in [-0.39, 0.29) is 10.8 Å². The number of sulfonamides is 1. The predicted octanol–water partition coefficient (Wildman–Crippen LogP) is 3.11. The molecular weight excluding hydrogens is 340 g/mol. The van der Waals surface area contributed by atoms with E-state index in [1.807, 2.05) is 33.0 Å². The van der Waals surface area contributed by atoms with Gasteiger partial charge in [-0.2, -0.15) is 0 Å². The lowest BCUT2D eigenvalue weighted by Crippen LogP contribution is -2.15. The van der Waals surface area contributed by atoms with Crippen LogP contribution in [-0.2, 0) is 17.1 Å². The van der Waals surface area contributed by atoms with E-state index in [1.54, 1.807) is 30.5 Å². The third-order valence-corrected chi connectivity index (χ3v) is 5.85. The molecule has 1 N–H and O–H groups in total. The Bertz CT molecular complexity index is 1050. The number of anilines is 1. The number of aromatic nitrogens is 3. The van der Waals surface area contributed by atoms with Crippen molar-refractivity contribution >= 4 is 15.7 Å². The summed E-state index contributed by atoms with van der Waals surface area (Å²) in [4.78, 5) is 0.152. The normalized spacial score (nSPS) is 11.7. The van der Waals surface area contributed by atoms with E-state index in [2.05, 4.69) is 14.9 Å². The minimum atomic E-state index is -3.84. The number of hydrogen-bond donors (Lipinski definition) is 1. The molecule has 1 aromatic carbocycles. The van der Waals surface area contributed by atoms with Crippen LogP contribution in [0, 0.1) is 27.7 Å². The van der Waals surface area contributed by atoms with Gasteiger partial charge in [-0.3, -0.25) is 4.72 Å². The molecule has 0 atom stereocenters. The summed E-state index contributed by atoms with van der Waals surface area (Å²) in [5.41, 5.74) is 3.15. The molecule has 0 aliphatic carbocycles. The third kappa shape index (κ3) is 2.93. The molecular formula is C17H20N4O3S. The van der Waals surface area contributed by atoms with E-state index in [0.29, 0.717) is 22.8 Å². The first-order chi connectivity index (χ1) is 11.7. The standard InChI is InChI=1S/C17H20N4O3S/c1-10-8-6-7-9-14(10)20-25(22,23)16-12(3)21(5)11(2)15(16)17-19-18-13(4)24-17/h6-9,20H,1-5H3. The van der Waals surface area contributed by atoms with Crippen molar-refractivity contribution in [3.05, 3.63) is 47.1 Å². The van der Waals surface area contributed by atoms with Gasteiger partial charge in [0.2, 0.25) is 5.89 Å². The molecule has 0 radical (unpaired) electrons. The highest BCUT2D eigenvalue weighted by Gasteiger charge is 2.30. The van der Waals surface area contributed by atoms with E-state index in [9.17, 15) is 8.42 Å². The van der Waals surface area contributed by atoms with Crippen LogP contribution >= 0.6 is 0 Å². The maximum absolute atomic E-state index is 13.1. The van der Waals surface area contributed by atoms with E-state index in [4.69, 9.17) is 4.42 Å². The van der Waals surface area contributed by atoms with Gasteiger partial charge < -0.3 is 8.98 Å². The van der Waals surface area contributed by atoms with E-state index < -0.39 is 10.0 Å². The third-order valence-electron chi connectivity index (χ3n) is 4.32. The Hall–Kier alpha value is -2.61. The predicted molar refractivity (Wildman–Crippen MR) is 94.9 cm³/mol. The van der Waals surface area contributed by atoms with Crippen molar-refractivity contribution in [3.63, 3.8) is 0 Å². The summed E-state index contributed by atoms with van der Waals surface area (Å²) in [6.45, 7) is 7.10. The van der Waals surface area contributed by atoms with Crippen molar-refractivity contribution in [3.8, 4) is 11.5 Å². The van der Waals surface area contributed by atoms with Crippen LogP contribution in [0.15, 0.2) is 33.6 Å². The zero-order valence-corrected chi connectivity index (χ0v) is 15.6. The van der Waals surface area contributed by atoms with Gasteiger partial charge in [0.15, 0.2) is 0 Å². The molecule has 0 aliphatic heterocycles. The molecule has 2 heterocycles. The van der Waals surface area contributed by atoms with Crippen molar-refractivity contribution in [2.24, 2.45) is 7.05 Å². The first-order valence-corrected chi connectivity index (χ1v) is 9.25. The van der Waals surface area contributed by atoms with Crippen molar-refractivity contribution in [2.75, 3.05) is 4.72 Å². The van der Waals surface area contributed by atoms with Crippen LogP contribution in [0.25, 0.3) is 11.5 Å². The Kier molecular flexibility index (Phi) is 4.16. The molecule has 3 rings (SSSR count). The Morgan fingerprint density at radius 3 is 2.32 bits per heavy atom. The van der Waals surface area contributed by atoms with E-state index >= 15 is 0 Å². The summed E-state index contributed by atoms with van der Waals surface area (Å²) in [6.07, 6.45) is 0. The fourth-order valence-electron chi connectivity index (χ4n) is 2.78. The van der Waals surface area contributed by atoms with Crippen LogP contribution in [0.5, 0.6) is 0 Å². The van der Waals surface area contributed by atoms with Gasteiger partial charge in [-0.15, -0.1) is 10.2 Å². The van der Waals surface area contributed by atoms with Crippen molar-refractivity contribution < 1.29 is 12.8 Å². The van der Waals surface area contributed by atoms with Crippen LogP contribution < -0.4 is 4.72 Å². The van der Waals surface area contributed by atoms with Crippen molar-refractivity contribution in [1.29, 1.82) is 0 Å². The molecule has 0 saturated heterocycles. The van der Waals surface area contributed by atoms with E-state index in [0.717, 1.165) is 11.3 Å². The molecule has 132 valence electrons. The molecule has 0 saturated carbocycles. The average molecular weight is 360 g/mol. The molecule has 0 aliphatic rings. The zero-order valence-electron chi connectivity index (χ0n) is 14.8. The monoisotopic (exact) mass is 360 g/mol. The SMILES string of the molecule is Cc1nnc(-c2c(S(=O)(=O)Nc3ccccc3C)c(C)n(C)c2C)o1. The summed E-state index contributed by atoms with van der Waals surface area (Å²) in [5.74, 6) is 0.579. The van der Waals surface area contributed by atoms with Gasteiger partial charge in [-0.1, -0.05) is 18.2 Å². The number of nitrogens with zero attached hydrogens (tertiary/aromatic N) is 3. The summed E-state index contributed by atoms with van der Waals surface area (Å²) < 4.78 is 36.2. The van der Waals surface area contributed by atoms with Crippen LogP contribution in [0.4, 0.5) is 5.69 Å². The summed E-state index contributed by atoms with van der Waals surface area (Å²) in [6, 6.07) is 7.23. The minimum absolute atomic E-state index is 0.152. The molecule has 7 nitrogen and oxygen atoms in total. The topological polar surface area (TPSA) is 90.0 Å². The highest BCUT2D eigenvalue weighted by molar-refractivity contribution is 7.93. The largest absolute Gasteiger partial charge is 0.421 e. The number of nitrogens with one attached hydrogen (secondary N) is 1.